The molecule has 1 aliphatic rings. The van der Waals surface area contributed by atoms with E-state index in [0.717, 1.165) is 44.7 Å². The van der Waals surface area contributed by atoms with Gasteiger partial charge < -0.3 is 4.90 Å². The number of nitrogens with zero attached hydrogens (tertiary/aromatic N) is 2. The summed E-state index contributed by atoms with van der Waals surface area (Å²) in [5, 5.41) is 0.616. The van der Waals surface area contributed by atoms with Gasteiger partial charge in [0, 0.05) is 42.5 Å². The summed E-state index contributed by atoms with van der Waals surface area (Å²) in [5.74, 6) is 0. The highest BCUT2D eigenvalue weighted by Crippen LogP contribution is 2.24. The molecule has 1 aliphatic heterocycles. The van der Waals surface area contributed by atoms with Crippen LogP contribution in [0.25, 0.3) is 0 Å². The van der Waals surface area contributed by atoms with Gasteiger partial charge in [0.1, 0.15) is 0 Å². The molecule has 1 heterocycles. The Morgan fingerprint density at radius 2 is 2.00 bits per heavy atom. The quantitative estimate of drug-likeness (QED) is 0.783. The lowest BCUT2D eigenvalue weighted by atomic mass is 10.1. The number of hydrogen-bond donors (Lipinski definition) is 0. The van der Waals surface area contributed by atoms with Crippen molar-refractivity contribution in [3.8, 4) is 0 Å². The molecule has 3 nitrogen and oxygen atoms in total. The molecular formula is C14H19ClN2O. The molecule has 4 heteroatoms. The van der Waals surface area contributed by atoms with E-state index in [9.17, 15) is 4.79 Å². The summed E-state index contributed by atoms with van der Waals surface area (Å²) in [5.41, 5.74) is 1.69. The van der Waals surface area contributed by atoms with Crippen LogP contribution in [0.3, 0.4) is 0 Å². The molecule has 1 aromatic rings. The van der Waals surface area contributed by atoms with Gasteiger partial charge in [0.2, 0.25) is 0 Å². The van der Waals surface area contributed by atoms with Crippen molar-refractivity contribution in [2.45, 2.75) is 13.3 Å². The lowest BCUT2D eigenvalue weighted by Crippen LogP contribution is -2.46. The van der Waals surface area contributed by atoms with Crippen molar-refractivity contribution in [2.75, 3.05) is 37.6 Å². The average molecular weight is 267 g/mol. The fraction of sp³-hybridized carbons (Fsp3) is 0.500. The molecule has 18 heavy (non-hydrogen) atoms. The Morgan fingerprint density at radius 1 is 1.28 bits per heavy atom. The second kappa shape index (κ2) is 6.21. The number of halogens is 1. The minimum Gasteiger partial charge on any atom is -0.368 e. The molecule has 1 fully saturated rings. The first-order valence-corrected chi connectivity index (χ1v) is 6.84. The zero-order valence-corrected chi connectivity index (χ0v) is 11.5. The van der Waals surface area contributed by atoms with E-state index in [1.807, 2.05) is 12.1 Å². The topological polar surface area (TPSA) is 23.6 Å². The molecule has 0 saturated carbocycles. The van der Waals surface area contributed by atoms with Crippen LogP contribution >= 0.6 is 11.6 Å². The highest BCUT2D eigenvalue weighted by molar-refractivity contribution is 6.31. The Labute approximate surface area is 113 Å². The Bertz CT molecular complexity index is 414. The van der Waals surface area contributed by atoms with Crippen molar-refractivity contribution in [2.24, 2.45) is 0 Å². The molecule has 2 rings (SSSR count). The Morgan fingerprint density at radius 3 is 2.61 bits per heavy atom. The zero-order chi connectivity index (χ0) is 13.0. The first-order chi connectivity index (χ1) is 8.74. The molecule has 0 unspecified atom stereocenters. The van der Waals surface area contributed by atoms with E-state index < -0.39 is 0 Å². The van der Waals surface area contributed by atoms with Gasteiger partial charge in [-0.2, -0.15) is 0 Å². The first kappa shape index (κ1) is 13.4. The standard InChI is InChI=1S/C14H19ClN2O/c1-2-5-16-6-8-17(9-7-16)14-4-3-13(15)10-12(14)11-18/h3-4,10-11H,2,5-9H2,1H3. The molecule has 1 saturated heterocycles. The van der Waals surface area contributed by atoms with E-state index >= 15 is 0 Å². The van der Waals surface area contributed by atoms with Crippen LogP contribution < -0.4 is 4.90 Å². The smallest absolute Gasteiger partial charge is 0.152 e. The maximum atomic E-state index is 11.1. The Balaban J connectivity index is 2.07. The number of rotatable bonds is 4. The van der Waals surface area contributed by atoms with Crippen LogP contribution in [0.5, 0.6) is 0 Å². The Hall–Kier alpha value is -1.06. The fourth-order valence-electron chi connectivity index (χ4n) is 2.44. The summed E-state index contributed by atoms with van der Waals surface area (Å²) < 4.78 is 0. The number of anilines is 1. The van der Waals surface area contributed by atoms with Gasteiger partial charge >= 0.3 is 0 Å². The lowest BCUT2D eigenvalue weighted by molar-refractivity contribution is 0.112. The van der Waals surface area contributed by atoms with E-state index in [0.29, 0.717) is 10.6 Å². The highest BCUT2D eigenvalue weighted by Gasteiger charge is 2.18. The predicted molar refractivity (Wildman–Crippen MR) is 75.8 cm³/mol. The van der Waals surface area contributed by atoms with Gasteiger partial charge in [-0.05, 0) is 31.2 Å². The van der Waals surface area contributed by atoms with Crippen molar-refractivity contribution >= 4 is 23.6 Å². The summed E-state index contributed by atoms with van der Waals surface area (Å²) in [6.45, 7) is 7.44. The minimum atomic E-state index is 0.616. The number of piperazine rings is 1. The predicted octanol–water partition coefficient (Wildman–Crippen LogP) is 2.68. The molecule has 98 valence electrons. The molecule has 0 atom stereocenters. The molecule has 0 aromatic heterocycles. The van der Waals surface area contributed by atoms with Gasteiger partial charge in [-0.1, -0.05) is 18.5 Å². The third kappa shape index (κ3) is 3.03. The third-order valence-corrected chi connectivity index (χ3v) is 3.60. The van der Waals surface area contributed by atoms with Crippen LogP contribution in [-0.2, 0) is 0 Å². The van der Waals surface area contributed by atoms with Gasteiger partial charge in [0.25, 0.3) is 0 Å². The fourth-order valence-corrected chi connectivity index (χ4v) is 2.62. The SMILES string of the molecule is CCCN1CCN(c2ccc(Cl)cc2C=O)CC1. The number of benzene rings is 1. The second-order valence-corrected chi connectivity index (χ2v) is 5.09. The summed E-state index contributed by atoms with van der Waals surface area (Å²) in [4.78, 5) is 15.8. The summed E-state index contributed by atoms with van der Waals surface area (Å²) in [6.07, 6.45) is 2.08. The highest BCUT2D eigenvalue weighted by atomic mass is 35.5. The van der Waals surface area contributed by atoms with Crippen molar-refractivity contribution in [1.82, 2.24) is 4.90 Å². The van der Waals surface area contributed by atoms with E-state index in [4.69, 9.17) is 11.6 Å². The number of carbonyl (C=O) groups is 1. The van der Waals surface area contributed by atoms with Crippen molar-refractivity contribution in [3.05, 3.63) is 28.8 Å². The molecule has 0 spiro atoms. The summed E-state index contributed by atoms with van der Waals surface area (Å²) >= 11 is 5.91. The van der Waals surface area contributed by atoms with Gasteiger partial charge in [0.05, 0.1) is 0 Å². The van der Waals surface area contributed by atoms with Crippen LogP contribution in [0.15, 0.2) is 18.2 Å². The molecule has 1 aromatic carbocycles. The monoisotopic (exact) mass is 266 g/mol. The average Bonchev–Trinajstić information content (AvgIpc) is 2.40. The maximum Gasteiger partial charge on any atom is 0.152 e. The van der Waals surface area contributed by atoms with Crippen molar-refractivity contribution in [1.29, 1.82) is 0 Å². The minimum absolute atomic E-state index is 0.616. The van der Waals surface area contributed by atoms with E-state index in [1.165, 1.54) is 6.42 Å². The van der Waals surface area contributed by atoms with Crippen LogP contribution in [-0.4, -0.2) is 43.9 Å². The zero-order valence-electron chi connectivity index (χ0n) is 10.7. The van der Waals surface area contributed by atoms with Gasteiger partial charge in [-0.25, -0.2) is 0 Å². The van der Waals surface area contributed by atoms with Gasteiger partial charge in [-0.3, -0.25) is 9.69 Å². The van der Waals surface area contributed by atoms with Crippen LogP contribution in [0.4, 0.5) is 5.69 Å². The van der Waals surface area contributed by atoms with Crippen molar-refractivity contribution in [3.63, 3.8) is 0 Å². The van der Waals surface area contributed by atoms with E-state index in [2.05, 4.69) is 16.7 Å². The molecule has 0 bridgehead atoms. The maximum absolute atomic E-state index is 11.1. The molecule has 0 radical (unpaired) electrons. The normalized spacial score (nSPS) is 16.9. The van der Waals surface area contributed by atoms with Gasteiger partial charge in [0.15, 0.2) is 6.29 Å². The van der Waals surface area contributed by atoms with E-state index in [1.54, 1.807) is 6.07 Å². The Kier molecular flexibility index (Phi) is 4.61. The van der Waals surface area contributed by atoms with Crippen LogP contribution in [0.2, 0.25) is 5.02 Å². The lowest BCUT2D eigenvalue weighted by Gasteiger charge is -2.36. The van der Waals surface area contributed by atoms with E-state index in [-0.39, 0.29) is 0 Å². The largest absolute Gasteiger partial charge is 0.368 e. The molecule has 0 aliphatic carbocycles. The summed E-state index contributed by atoms with van der Waals surface area (Å²) in [7, 11) is 0. The van der Waals surface area contributed by atoms with Crippen LogP contribution in [0.1, 0.15) is 23.7 Å². The molecule has 0 amide bonds. The molecule has 0 N–H and O–H groups in total. The number of aldehydes is 1. The molecular weight excluding hydrogens is 248 g/mol. The summed E-state index contributed by atoms with van der Waals surface area (Å²) in [6, 6.07) is 5.53. The second-order valence-electron chi connectivity index (χ2n) is 4.65. The first-order valence-electron chi connectivity index (χ1n) is 6.46. The third-order valence-electron chi connectivity index (χ3n) is 3.37. The van der Waals surface area contributed by atoms with Crippen LogP contribution in [0, 0.1) is 0 Å². The van der Waals surface area contributed by atoms with Crippen molar-refractivity contribution < 1.29 is 4.79 Å². The number of carbonyl (C=O) groups excluding carboxylic acids is 1. The van der Waals surface area contributed by atoms with Gasteiger partial charge in [-0.15, -0.1) is 0 Å². The number of hydrogen-bond acceptors (Lipinski definition) is 3.